The molecule has 0 saturated heterocycles. The summed E-state index contributed by atoms with van der Waals surface area (Å²) in [6.45, 7) is 7.17. The molecule has 2 aromatic carbocycles. The van der Waals surface area contributed by atoms with E-state index in [1.54, 1.807) is 18.2 Å². The number of hydrogen-bond donors (Lipinski definition) is 1. The second-order valence-electron chi connectivity index (χ2n) is 4.35. The molecule has 0 aromatic heterocycles. The maximum absolute atomic E-state index is 13.7. The first-order chi connectivity index (χ1) is 9.67. The van der Waals surface area contributed by atoms with E-state index in [0.29, 0.717) is 17.8 Å². The summed E-state index contributed by atoms with van der Waals surface area (Å²) in [5.41, 5.74) is 1.72. The predicted molar refractivity (Wildman–Crippen MR) is 71.6 cm³/mol. The second-order valence-corrected chi connectivity index (χ2v) is 4.35. The number of halogens is 1. The number of hydrogen-bond acceptors (Lipinski definition) is 3. The van der Waals surface area contributed by atoms with Crippen LogP contribution in [0.5, 0.6) is 11.5 Å². The van der Waals surface area contributed by atoms with E-state index in [9.17, 15) is 9.41 Å². The Morgan fingerprint density at radius 2 is 2.15 bits per heavy atom. The fraction of sp³-hybridized carbons (Fsp3) is 0.0714. The van der Waals surface area contributed by atoms with E-state index in [0.717, 1.165) is 11.6 Å². The Balaban J connectivity index is 1.89. The first-order valence-electron chi connectivity index (χ1n) is 5.95. The molecule has 0 unspecified atom stereocenters. The van der Waals surface area contributed by atoms with Crippen molar-refractivity contribution in [2.45, 2.75) is 6.61 Å². The number of benzene rings is 2. The van der Waals surface area contributed by atoms with Crippen molar-refractivity contribution in [3.8, 4) is 11.5 Å². The van der Waals surface area contributed by atoms with Crippen molar-refractivity contribution in [3.63, 3.8) is 0 Å². The highest BCUT2D eigenvalue weighted by molar-refractivity contribution is 6.61. The van der Waals surface area contributed by atoms with Crippen molar-refractivity contribution in [2.75, 3.05) is 0 Å². The van der Waals surface area contributed by atoms with E-state index >= 15 is 0 Å². The molecular formula is C14H9BFNO3. The third-order valence-corrected chi connectivity index (χ3v) is 3.05. The molecule has 1 heterocycles. The standard InChI is InChI=1S/C14H9BFNO3/c1-17-10-3-5-14(13(16)6-10)20-11-4-2-9-8-19-15(18)12(9)7-11/h2-7,18H,8H2. The SMILES string of the molecule is [C-]#[N+]c1ccc(Oc2ccc3c(c2)B(O)OC3)c(F)c1. The van der Waals surface area contributed by atoms with Crippen molar-refractivity contribution in [3.05, 3.63) is 59.2 Å². The Hall–Kier alpha value is -2.36. The van der Waals surface area contributed by atoms with Crippen LogP contribution < -0.4 is 10.2 Å². The van der Waals surface area contributed by atoms with Crippen LogP contribution in [-0.2, 0) is 11.3 Å². The molecule has 1 aliphatic rings. The molecule has 0 amide bonds. The van der Waals surface area contributed by atoms with Crippen LogP contribution in [0.25, 0.3) is 4.85 Å². The minimum atomic E-state index is -0.970. The zero-order valence-corrected chi connectivity index (χ0v) is 10.3. The zero-order chi connectivity index (χ0) is 14.1. The molecule has 3 rings (SSSR count). The van der Waals surface area contributed by atoms with E-state index in [4.69, 9.17) is 16.0 Å². The topological polar surface area (TPSA) is 43.0 Å². The van der Waals surface area contributed by atoms with Gasteiger partial charge in [-0.2, -0.15) is 0 Å². The van der Waals surface area contributed by atoms with Crippen molar-refractivity contribution in [2.24, 2.45) is 0 Å². The van der Waals surface area contributed by atoms with Crippen LogP contribution in [0.4, 0.5) is 10.1 Å². The van der Waals surface area contributed by atoms with Gasteiger partial charge in [-0.3, -0.25) is 0 Å². The molecular weight excluding hydrogens is 260 g/mol. The Labute approximate surface area is 115 Å². The zero-order valence-electron chi connectivity index (χ0n) is 10.3. The van der Waals surface area contributed by atoms with Crippen LogP contribution in [0, 0.1) is 12.4 Å². The Morgan fingerprint density at radius 3 is 2.90 bits per heavy atom. The van der Waals surface area contributed by atoms with E-state index in [1.807, 2.05) is 0 Å². The van der Waals surface area contributed by atoms with Crippen molar-refractivity contribution in [1.29, 1.82) is 0 Å². The van der Waals surface area contributed by atoms with Gasteiger partial charge in [-0.05, 0) is 35.3 Å². The number of rotatable bonds is 2. The van der Waals surface area contributed by atoms with Crippen LogP contribution >= 0.6 is 0 Å². The van der Waals surface area contributed by atoms with E-state index in [2.05, 4.69) is 4.85 Å². The Kier molecular flexibility index (Phi) is 3.14. The van der Waals surface area contributed by atoms with Gasteiger partial charge in [0.05, 0.1) is 13.2 Å². The first kappa shape index (κ1) is 12.7. The summed E-state index contributed by atoms with van der Waals surface area (Å²) in [6.07, 6.45) is 0. The third-order valence-electron chi connectivity index (χ3n) is 3.05. The minimum absolute atomic E-state index is 0.0331. The molecule has 0 spiro atoms. The van der Waals surface area contributed by atoms with Crippen LogP contribution in [0.3, 0.4) is 0 Å². The van der Waals surface area contributed by atoms with E-state index < -0.39 is 12.9 Å². The lowest BCUT2D eigenvalue weighted by Gasteiger charge is -2.08. The molecule has 0 radical (unpaired) electrons. The highest BCUT2D eigenvalue weighted by Gasteiger charge is 2.27. The van der Waals surface area contributed by atoms with Gasteiger partial charge in [-0.1, -0.05) is 12.1 Å². The molecule has 0 fully saturated rings. The van der Waals surface area contributed by atoms with Gasteiger partial charge in [0.2, 0.25) is 0 Å². The lowest BCUT2D eigenvalue weighted by molar-refractivity contribution is 0.275. The van der Waals surface area contributed by atoms with Gasteiger partial charge in [0.25, 0.3) is 0 Å². The van der Waals surface area contributed by atoms with Gasteiger partial charge >= 0.3 is 7.12 Å². The van der Waals surface area contributed by atoms with Crippen molar-refractivity contribution in [1.82, 2.24) is 0 Å². The first-order valence-corrected chi connectivity index (χ1v) is 5.95. The summed E-state index contributed by atoms with van der Waals surface area (Å²) in [5, 5.41) is 9.61. The molecule has 98 valence electrons. The van der Waals surface area contributed by atoms with Crippen LogP contribution in [0.2, 0.25) is 0 Å². The molecule has 6 heteroatoms. The third kappa shape index (κ3) is 2.25. The van der Waals surface area contributed by atoms with E-state index in [-0.39, 0.29) is 11.4 Å². The smallest absolute Gasteiger partial charge is 0.454 e. The average Bonchev–Trinajstić information content (AvgIpc) is 2.82. The second kappa shape index (κ2) is 4.97. The highest BCUT2D eigenvalue weighted by Crippen LogP contribution is 2.28. The lowest BCUT2D eigenvalue weighted by atomic mass is 9.79. The summed E-state index contributed by atoms with van der Waals surface area (Å²) < 4.78 is 24.2. The number of fused-ring (bicyclic) bond motifs is 1. The summed E-state index contributed by atoms with van der Waals surface area (Å²) in [6, 6.07) is 9.08. The molecule has 0 saturated carbocycles. The van der Waals surface area contributed by atoms with Gasteiger partial charge in [-0.15, -0.1) is 0 Å². The number of nitrogens with zero attached hydrogens (tertiary/aromatic N) is 1. The lowest BCUT2D eigenvalue weighted by Crippen LogP contribution is -2.27. The predicted octanol–water partition coefficient (Wildman–Crippen LogP) is 2.39. The molecule has 0 aliphatic carbocycles. The minimum Gasteiger partial charge on any atom is -0.454 e. The summed E-state index contributed by atoms with van der Waals surface area (Å²) >= 11 is 0. The van der Waals surface area contributed by atoms with Gasteiger partial charge in [-0.25, -0.2) is 9.24 Å². The molecule has 0 bridgehead atoms. The molecule has 1 aliphatic heterocycles. The summed E-state index contributed by atoms with van der Waals surface area (Å²) in [5.74, 6) is -0.163. The van der Waals surface area contributed by atoms with Crippen LogP contribution in [-0.4, -0.2) is 12.1 Å². The van der Waals surface area contributed by atoms with E-state index in [1.165, 1.54) is 12.1 Å². The fourth-order valence-corrected chi connectivity index (χ4v) is 2.03. The maximum Gasteiger partial charge on any atom is 0.491 e. The van der Waals surface area contributed by atoms with Crippen LogP contribution in [0.15, 0.2) is 36.4 Å². The molecule has 1 N–H and O–H groups in total. The van der Waals surface area contributed by atoms with Gasteiger partial charge in [0.1, 0.15) is 5.75 Å². The fourth-order valence-electron chi connectivity index (χ4n) is 2.03. The normalized spacial score (nSPS) is 12.9. The average molecular weight is 269 g/mol. The Morgan fingerprint density at radius 1 is 1.30 bits per heavy atom. The van der Waals surface area contributed by atoms with Crippen molar-refractivity contribution < 1.29 is 18.8 Å². The van der Waals surface area contributed by atoms with Gasteiger partial charge in [0.15, 0.2) is 17.3 Å². The summed E-state index contributed by atoms with van der Waals surface area (Å²) in [4.78, 5) is 3.14. The Bertz CT molecular complexity index is 714. The monoisotopic (exact) mass is 269 g/mol. The molecule has 4 nitrogen and oxygen atoms in total. The van der Waals surface area contributed by atoms with Crippen molar-refractivity contribution >= 4 is 18.3 Å². The number of ether oxygens (including phenoxy) is 1. The summed E-state index contributed by atoms with van der Waals surface area (Å²) in [7, 11) is -0.970. The molecule has 0 atom stereocenters. The van der Waals surface area contributed by atoms with Crippen LogP contribution in [0.1, 0.15) is 5.56 Å². The van der Waals surface area contributed by atoms with Gasteiger partial charge < -0.3 is 14.4 Å². The molecule has 2 aromatic rings. The highest BCUT2D eigenvalue weighted by atomic mass is 19.1. The van der Waals surface area contributed by atoms with Gasteiger partial charge in [0, 0.05) is 0 Å². The largest absolute Gasteiger partial charge is 0.491 e. The molecule has 20 heavy (non-hydrogen) atoms. The quantitative estimate of drug-likeness (QED) is 0.672. The maximum atomic E-state index is 13.7.